The minimum absolute atomic E-state index is 0.0120. The molecule has 0 fully saturated rings. The summed E-state index contributed by atoms with van der Waals surface area (Å²) in [7, 11) is 1.52. The third-order valence-corrected chi connectivity index (χ3v) is 6.04. The molecule has 4 aromatic carbocycles. The number of amides is 2. The van der Waals surface area contributed by atoms with Crippen LogP contribution < -0.4 is 26.0 Å². The first-order chi connectivity index (χ1) is 20.5. The number of hydrogen-bond acceptors (Lipinski definition) is 8. The lowest BCUT2D eigenvalue weighted by Crippen LogP contribution is -2.22. The molecule has 5 aromatic rings. The number of carbonyl (C=O) groups is 2. The van der Waals surface area contributed by atoms with Gasteiger partial charge in [0.25, 0.3) is 0 Å². The van der Waals surface area contributed by atoms with E-state index in [9.17, 15) is 9.59 Å². The third kappa shape index (κ3) is 7.16. The summed E-state index contributed by atoms with van der Waals surface area (Å²) in [5.74, 6) is -0.0880. The number of urea groups is 1. The number of anilines is 6. The molecule has 5 N–H and O–H groups in total. The highest BCUT2D eigenvalue weighted by Gasteiger charge is 2.14. The summed E-state index contributed by atoms with van der Waals surface area (Å²) in [4.78, 5) is 37.2. The third-order valence-electron chi connectivity index (χ3n) is 6.04. The van der Waals surface area contributed by atoms with Crippen molar-refractivity contribution >= 4 is 46.9 Å². The highest BCUT2D eigenvalue weighted by Crippen LogP contribution is 2.30. The number of carboxylic acids is 1. The molecule has 0 saturated carbocycles. The SMILES string of the molecule is COc1ccccc1NC(=O)Nc1nc(Nc2ccc(CC(=O)O)cc2)nc(Nc2ccccc2-c2ccccc2)n1. The first-order valence-corrected chi connectivity index (χ1v) is 12.9. The number of benzene rings is 4. The van der Waals surface area contributed by atoms with Crippen molar-refractivity contribution in [3.8, 4) is 16.9 Å². The molecule has 0 radical (unpaired) electrons. The van der Waals surface area contributed by atoms with Crippen LogP contribution in [0, 0.1) is 0 Å². The number of methoxy groups -OCH3 is 1. The Morgan fingerprint density at radius 3 is 2.02 bits per heavy atom. The molecule has 0 aliphatic carbocycles. The number of aromatic nitrogens is 3. The van der Waals surface area contributed by atoms with Crippen molar-refractivity contribution in [3.63, 3.8) is 0 Å². The lowest BCUT2D eigenvalue weighted by Gasteiger charge is -2.14. The van der Waals surface area contributed by atoms with Gasteiger partial charge in [0, 0.05) is 16.9 Å². The van der Waals surface area contributed by atoms with Gasteiger partial charge in [0.15, 0.2) is 0 Å². The Morgan fingerprint density at radius 1 is 0.690 bits per heavy atom. The van der Waals surface area contributed by atoms with Crippen molar-refractivity contribution in [1.29, 1.82) is 0 Å². The van der Waals surface area contributed by atoms with Gasteiger partial charge in [0.05, 0.1) is 19.2 Å². The number of nitrogens with zero attached hydrogens (tertiary/aromatic N) is 3. The predicted molar refractivity (Wildman–Crippen MR) is 162 cm³/mol. The maximum absolute atomic E-state index is 12.9. The van der Waals surface area contributed by atoms with E-state index >= 15 is 0 Å². The van der Waals surface area contributed by atoms with Gasteiger partial charge in [-0.15, -0.1) is 0 Å². The van der Waals surface area contributed by atoms with Gasteiger partial charge in [-0.2, -0.15) is 15.0 Å². The Bertz CT molecular complexity index is 1700. The van der Waals surface area contributed by atoms with E-state index in [2.05, 4.69) is 36.2 Å². The van der Waals surface area contributed by atoms with Crippen molar-refractivity contribution < 1.29 is 19.4 Å². The number of hydrogen-bond donors (Lipinski definition) is 5. The zero-order chi connectivity index (χ0) is 29.3. The number of carboxylic acid groups (broad SMARTS) is 1. The molecule has 0 spiro atoms. The van der Waals surface area contributed by atoms with Gasteiger partial charge in [-0.3, -0.25) is 10.1 Å². The molecule has 5 rings (SSSR count). The van der Waals surface area contributed by atoms with Crippen LogP contribution in [-0.2, 0) is 11.2 Å². The Balaban J connectivity index is 1.44. The molecule has 210 valence electrons. The number of nitrogens with one attached hydrogen (secondary N) is 4. The van der Waals surface area contributed by atoms with Crippen molar-refractivity contribution in [2.75, 3.05) is 28.4 Å². The van der Waals surface area contributed by atoms with Crippen LogP contribution in [0.4, 0.5) is 39.7 Å². The van der Waals surface area contributed by atoms with Gasteiger partial charge in [-0.25, -0.2) is 4.79 Å². The normalized spacial score (nSPS) is 10.4. The number of rotatable bonds is 10. The minimum Gasteiger partial charge on any atom is -0.495 e. The van der Waals surface area contributed by atoms with E-state index in [1.165, 1.54) is 7.11 Å². The van der Waals surface area contributed by atoms with E-state index < -0.39 is 12.0 Å². The highest BCUT2D eigenvalue weighted by atomic mass is 16.5. The summed E-state index contributed by atoms with van der Waals surface area (Å²) in [5, 5.41) is 20.8. The maximum atomic E-state index is 12.9. The number of ether oxygens (including phenoxy) is 1. The molecule has 1 heterocycles. The second-order valence-electron chi connectivity index (χ2n) is 9.01. The van der Waals surface area contributed by atoms with Gasteiger partial charge in [0.2, 0.25) is 17.8 Å². The lowest BCUT2D eigenvalue weighted by atomic mass is 10.0. The summed E-state index contributed by atoms with van der Waals surface area (Å²) in [5.41, 5.74) is 4.44. The Hall–Kier alpha value is -5.97. The van der Waals surface area contributed by atoms with Crippen molar-refractivity contribution in [3.05, 3.63) is 109 Å². The van der Waals surface area contributed by atoms with Crippen LogP contribution in [0.2, 0.25) is 0 Å². The van der Waals surface area contributed by atoms with Crippen LogP contribution in [0.3, 0.4) is 0 Å². The molecular formula is C31H27N7O4. The van der Waals surface area contributed by atoms with Gasteiger partial charge in [-0.1, -0.05) is 72.8 Å². The first kappa shape index (κ1) is 27.6. The van der Waals surface area contributed by atoms with E-state index in [4.69, 9.17) is 9.84 Å². The summed E-state index contributed by atoms with van der Waals surface area (Å²) < 4.78 is 5.31. The summed E-state index contributed by atoms with van der Waals surface area (Å²) >= 11 is 0. The first-order valence-electron chi connectivity index (χ1n) is 12.9. The van der Waals surface area contributed by atoms with Crippen molar-refractivity contribution in [2.24, 2.45) is 0 Å². The number of carbonyl (C=O) groups excluding carboxylic acids is 1. The minimum atomic E-state index is -0.915. The maximum Gasteiger partial charge on any atom is 0.326 e. The zero-order valence-corrected chi connectivity index (χ0v) is 22.5. The van der Waals surface area contributed by atoms with E-state index in [-0.39, 0.29) is 24.3 Å². The van der Waals surface area contributed by atoms with E-state index in [0.29, 0.717) is 22.7 Å². The van der Waals surface area contributed by atoms with Crippen LogP contribution in [-0.4, -0.2) is 39.2 Å². The zero-order valence-electron chi connectivity index (χ0n) is 22.5. The van der Waals surface area contributed by atoms with Gasteiger partial charge >= 0.3 is 12.0 Å². The fraction of sp³-hybridized carbons (Fsp3) is 0.0645. The van der Waals surface area contributed by atoms with Gasteiger partial charge in [0.1, 0.15) is 5.75 Å². The molecule has 42 heavy (non-hydrogen) atoms. The largest absolute Gasteiger partial charge is 0.495 e. The fourth-order valence-corrected chi connectivity index (χ4v) is 4.14. The van der Waals surface area contributed by atoms with Crippen molar-refractivity contribution in [1.82, 2.24) is 15.0 Å². The Morgan fingerprint density at radius 2 is 1.31 bits per heavy atom. The Kier molecular flexibility index (Phi) is 8.49. The molecule has 1 aromatic heterocycles. The highest BCUT2D eigenvalue weighted by molar-refractivity contribution is 5.99. The van der Waals surface area contributed by atoms with Crippen LogP contribution in [0.1, 0.15) is 5.56 Å². The second-order valence-corrected chi connectivity index (χ2v) is 9.01. The van der Waals surface area contributed by atoms with Crippen molar-refractivity contribution in [2.45, 2.75) is 6.42 Å². The summed E-state index contributed by atoms with van der Waals surface area (Å²) in [6, 6.07) is 30.9. The summed E-state index contributed by atoms with van der Waals surface area (Å²) in [6.07, 6.45) is -0.0870. The lowest BCUT2D eigenvalue weighted by molar-refractivity contribution is -0.136. The van der Waals surface area contributed by atoms with Gasteiger partial charge < -0.3 is 25.8 Å². The van der Waals surface area contributed by atoms with E-state index in [0.717, 1.165) is 16.8 Å². The smallest absolute Gasteiger partial charge is 0.326 e. The molecule has 0 bridgehead atoms. The molecule has 11 nitrogen and oxygen atoms in total. The number of para-hydroxylation sites is 3. The van der Waals surface area contributed by atoms with E-state index in [1.54, 1.807) is 48.5 Å². The summed E-state index contributed by atoms with van der Waals surface area (Å²) in [6.45, 7) is 0. The monoisotopic (exact) mass is 561 g/mol. The molecule has 0 aliphatic rings. The van der Waals surface area contributed by atoms with Gasteiger partial charge in [-0.05, 0) is 41.5 Å². The van der Waals surface area contributed by atoms with Crippen LogP contribution in [0.25, 0.3) is 11.1 Å². The van der Waals surface area contributed by atoms with Crippen LogP contribution in [0.15, 0.2) is 103 Å². The van der Waals surface area contributed by atoms with Crippen LogP contribution >= 0.6 is 0 Å². The topological polar surface area (TPSA) is 150 Å². The van der Waals surface area contributed by atoms with Crippen LogP contribution in [0.5, 0.6) is 5.75 Å². The molecule has 11 heteroatoms. The second kappa shape index (κ2) is 12.9. The molecule has 0 saturated heterocycles. The molecule has 0 unspecified atom stereocenters. The number of aliphatic carboxylic acids is 1. The van der Waals surface area contributed by atoms with E-state index in [1.807, 2.05) is 54.6 Å². The molecule has 0 atom stereocenters. The standard InChI is InChI=1S/C31H27N7O4/c1-42-26-14-8-7-13-25(26)34-31(41)38-30-36-28(32-22-17-15-20(16-18-22)19-27(39)40)35-29(37-30)33-24-12-6-5-11-23(24)21-9-3-2-4-10-21/h2-18H,19H2,1H3,(H,39,40)(H4,32,33,34,35,36,37,38,41). The Labute approximate surface area is 241 Å². The predicted octanol–water partition coefficient (Wildman–Crippen LogP) is 6.31. The average molecular weight is 562 g/mol. The quantitative estimate of drug-likeness (QED) is 0.132. The molecule has 0 aliphatic heterocycles. The molecule has 2 amide bonds. The molecular weight excluding hydrogens is 534 g/mol. The fourth-order valence-electron chi connectivity index (χ4n) is 4.14. The average Bonchev–Trinajstić information content (AvgIpc) is 2.99.